The molecule has 0 N–H and O–H groups in total. The Kier molecular flexibility index (Phi) is 24.6. The van der Waals surface area contributed by atoms with Crippen molar-refractivity contribution in [1.29, 1.82) is 0 Å². The number of para-hydroxylation sites is 5. The van der Waals surface area contributed by atoms with Gasteiger partial charge in [-0.15, -0.1) is 179 Å². The van der Waals surface area contributed by atoms with Gasteiger partial charge in [-0.3, -0.25) is 0 Å². The van der Waals surface area contributed by atoms with Gasteiger partial charge in [0.25, 0.3) is 0 Å². The van der Waals surface area contributed by atoms with E-state index >= 15 is 0 Å². The van der Waals surface area contributed by atoms with E-state index in [0.717, 1.165) is 174 Å². The standard InChI is InChI=1S/C46H27N3O2.C43H30N4.C40H24N4.3Pt/c1-2-19-43-37(16-1)39-28-40-38-27-31(20-21-44(38)51-46(40)29-45(39)50-43)30-10-7-13-34(24-30)49(35-14-8-11-32(25-35)41-17-3-5-22-47-41)36-15-9-12-33(26-36)42-18-4-6-23-48-42;1-43(2)36-18-11-17-35-34-16-3-4-21-40(34)47(42(35)36)41-23-22-33(28-37(41)43)46(31-14-9-12-29(26-31)38-19-5-7-24-44-38)32-15-10-13-30(27-32)39-20-6-8-25-45-39;1-2-19-38-32(14-1)33-15-9-16-34-35-26-31(20-21-39(35)44(38)40(33)34)43(29-12-7-10-27(24-29)36-17-3-5-22-41-36)30-13-8-11-28(25-30)37-18-4-6-23-42-37;;;/h1-24,27-29H;3-25,28H,1-2H3;1-23,26H;;;/q3*-2;3*+2. The van der Waals surface area contributed by atoms with Gasteiger partial charge in [0.05, 0.1) is 33.3 Å². The van der Waals surface area contributed by atoms with Crippen molar-refractivity contribution in [3.05, 3.63) is 503 Å². The van der Waals surface area contributed by atoms with E-state index in [1.807, 2.05) is 183 Å². The van der Waals surface area contributed by atoms with Gasteiger partial charge in [0.15, 0.2) is 0 Å². The quantitative estimate of drug-likeness (QED) is 0.0859. The fourth-order valence-electron chi connectivity index (χ4n) is 20.6. The molecule has 11 aromatic heterocycles. The Hall–Kier alpha value is -16.9. The molecule has 16 heteroatoms. The zero-order valence-corrected chi connectivity index (χ0v) is 84.8. The summed E-state index contributed by atoms with van der Waals surface area (Å²) in [6.45, 7) is 4.69. The molecule has 27 aromatic rings. The van der Waals surface area contributed by atoms with Gasteiger partial charge in [0.1, 0.15) is 22.3 Å². The molecule has 16 aromatic carbocycles. The number of hydrogen-bond acceptors (Lipinski definition) is 11. The molecule has 0 bridgehead atoms. The van der Waals surface area contributed by atoms with Gasteiger partial charge in [-0.1, -0.05) is 196 Å². The molecule has 1 aliphatic rings. The topological polar surface area (TPSA) is 123 Å². The minimum atomic E-state index is -0.236. The Morgan fingerprint density at radius 1 is 0.228 bits per heavy atom. The van der Waals surface area contributed by atoms with Crippen molar-refractivity contribution in [3.63, 3.8) is 0 Å². The molecule has 0 saturated heterocycles. The van der Waals surface area contributed by atoms with Crippen LogP contribution in [-0.2, 0) is 68.6 Å². The first-order valence-corrected chi connectivity index (χ1v) is 47.4. The third kappa shape index (κ3) is 16.7. The minimum Gasteiger partial charge on any atom is -0.456 e. The summed E-state index contributed by atoms with van der Waals surface area (Å²) in [6.07, 6.45) is 10.9. The molecule has 145 heavy (non-hydrogen) atoms. The van der Waals surface area contributed by atoms with Gasteiger partial charge in [-0.05, 0) is 212 Å². The smallest absolute Gasteiger partial charge is 0.456 e. The van der Waals surface area contributed by atoms with Crippen molar-refractivity contribution in [1.82, 2.24) is 38.9 Å². The van der Waals surface area contributed by atoms with E-state index in [1.54, 1.807) is 12.4 Å². The van der Waals surface area contributed by atoms with Gasteiger partial charge >= 0.3 is 63.2 Å². The van der Waals surface area contributed by atoms with E-state index in [2.05, 4.69) is 365 Å². The predicted molar refractivity (Wildman–Crippen MR) is 577 cm³/mol. The van der Waals surface area contributed by atoms with Crippen LogP contribution in [0, 0.1) is 36.4 Å². The molecular formula is C129H81N11O2Pt3. The second-order valence-electron chi connectivity index (χ2n) is 35.9. The van der Waals surface area contributed by atoms with Gasteiger partial charge in [0.2, 0.25) is 0 Å². The SMILES string of the molecule is CC1(C)c2cc(N(c3[c-]c(-c4ccccn4)ccc3)c3[c-]c(-c4ccccn4)ccc3)ccc2-n2c3ccccc3c3cccc1c32.[Pt+2].[Pt+2].[Pt+2].[c-]1c(-c2ccccn2)cccc1N(c1[c-]c(-c2ccccn2)ccc1)c1ccc2c(c1)c1cccc3c4ccccc4n2c31.[c-]1c(-c2ccccn2)cccc1N(c1[c-]c(-c2ccccn2)ccc1)c1cccc(-c2ccc3oc4cc5oc6ccccc6c5cc4c3c2)c1. The van der Waals surface area contributed by atoms with E-state index in [9.17, 15) is 0 Å². The second kappa shape index (κ2) is 38.8. The summed E-state index contributed by atoms with van der Waals surface area (Å²) in [5.41, 5.74) is 34.5. The molecule has 0 aliphatic carbocycles. The maximum Gasteiger partial charge on any atom is 2.00 e. The average Bonchev–Trinajstić information content (AvgIpc) is 1.54. The Balaban J connectivity index is 0.000000119. The summed E-state index contributed by atoms with van der Waals surface area (Å²) < 4.78 is 17.3. The Labute approximate surface area is 879 Å². The fraction of sp³-hybridized carbons (Fsp3) is 0.0233. The Bertz CT molecular complexity index is 9270. The largest absolute Gasteiger partial charge is 2.00 e. The molecule has 28 rings (SSSR count). The van der Waals surface area contributed by atoms with Crippen LogP contribution >= 0.6 is 0 Å². The first kappa shape index (κ1) is 91.8. The number of rotatable bonds is 16. The third-order valence-corrected chi connectivity index (χ3v) is 27.2. The molecule has 1 aliphatic heterocycles. The molecule has 12 heterocycles. The number of hydrogen-bond donors (Lipinski definition) is 0. The van der Waals surface area contributed by atoms with E-state index in [-0.39, 0.29) is 68.6 Å². The molecule has 694 valence electrons. The summed E-state index contributed by atoms with van der Waals surface area (Å²) in [7, 11) is 0. The van der Waals surface area contributed by atoms with Crippen molar-refractivity contribution in [2.45, 2.75) is 19.3 Å². The molecule has 0 atom stereocenters. The maximum atomic E-state index is 6.33. The van der Waals surface area contributed by atoms with Crippen LogP contribution in [0.2, 0.25) is 0 Å². The predicted octanol–water partition coefficient (Wildman–Crippen LogP) is 33.0. The maximum absolute atomic E-state index is 6.33. The number of benzene rings is 16. The normalized spacial score (nSPS) is 11.8. The summed E-state index contributed by atoms with van der Waals surface area (Å²) in [6, 6.07) is 167. The first-order valence-electron chi connectivity index (χ1n) is 47.4. The van der Waals surface area contributed by atoms with E-state index in [4.69, 9.17) is 8.83 Å². The van der Waals surface area contributed by atoms with Crippen LogP contribution in [0.15, 0.2) is 465 Å². The molecule has 0 fully saturated rings. The molecular weight excluding hydrogens is 2320 g/mol. The molecule has 0 unspecified atom stereocenters. The Morgan fingerprint density at radius 3 is 1.04 bits per heavy atom. The first-order chi connectivity index (χ1) is 70.2. The zero-order valence-electron chi connectivity index (χ0n) is 78.0. The Morgan fingerprint density at radius 2 is 0.572 bits per heavy atom. The monoisotopic (exact) mass is 2400 g/mol. The molecule has 13 nitrogen and oxygen atoms in total. The van der Waals surface area contributed by atoms with Crippen LogP contribution in [0.25, 0.3) is 188 Å². The van der Waals surface area contributed by atoms with Crippen molar-refractivity contribution >= 4 is 155 Å². The van der Waals surface area contributed by atoms with Crippen LogP contribution in [0.4, 0.5) is 51.2 Å². The van der Waals surface area contributed by atoms with Crippen LogP contribution in [0.3, 0.4) is 0 Å². The van der Waals surface area contributed by atoms with E-state index in [1.165, 1.54) is 76.7 Å². The fourth-order valence-corrected chi connectivity index (χ4v) is 20.6. The number of aromatic nitrogens is 8. The number of nitrogens with zero attached hydrogens (tertiary/aromatic N) is 11. The molecule has 0 radical (unpaired) electrons. The van der Waals surface area contributed by atoms with E-state index in [0.29, 0.717) is 0 Å². The summed E-state index contributed by atoms with van der Waals surface area (Å²) in [5.74, 6) is 0. The van der Waals surface area contributed by atoms with Gasteiger partial charge in [-0.25, -0.2) is 0 Å². The third-order valence-electron chi connectivity index (χ3n) is 27.2. The summed E-state index contributed by atoms with van der Waals surface area (Å²) in [4.78, 5) is 34.3. The summed E-state index contributed by atoms with van der Waals surface area (Å²) in [5, 5.41) is 11.9. The number of pyridine rings is 6. The van der Waals surface area contributed by atoms with Gasteiger partial charge in [0, 0.05) is 120 Å². The van der Waals surface area contributed by atoms with Crippen LogP contribution < -0.4 is 14.7 Å². The van der Waals surface area contributed by atoms with Crippen molar-refractivity contribution in [2.75, 3.05) is 14.7 Å². The minimum absolute atomic E-state index is 0. The van der Waals surface area contributed by atoms with Crippen LogP contribution in [0.1, 0.15) is 25.0 Å². The molecule has 0 saturated carbocycles. The van der Waals surface area contributed by atoms with Gasteiger partial charge < -0.3 is 62.4 Å². The van der Waals surface area contributed by atoms with Crippen molar-refractivity contribution in [2.24, 2.45) is 0 Å². The zero-order chi connectivity index (χ0) is 94.3. The molecule has 0 spiro atoms. The summed E-state index contributed by atoms with van der Waals surface area (Å²) >= 11 is 0. The van der Waals surface area contributed by atoms with Crippen molar-refractivity contribution < 1.29 is 72.0 Å². The number of anilines is 9. The number of fused-ring (bicyclic) bond motifs is 17. The second-order valence-corrected chi connectivity index (χ2v) is 35.9. The molecule has 0 amide bonds. The number of furan rings is 2. The van der Waals surface area contributed by atoms with Crippen molar-refractivity contribution in [3.8, 4) is 84.4 Å². The van der Waals surface area contributed by atoms with Gasteiger partial charge in [-0.2, -0.15) is 0 Å². The van der Waals surface area contributed by atoms with E-state index < -0.39 is 0 Å². The van der Waals surface area contributed by atoms with Crippen LogP contribution in [0.5, 0.6) is 0 Å². The average molecular weight is 2400 g/mol. The van der Waals surface area contributed by atoms with Crippen LogP contribution in [-0.4, -0.2) is 38.9 Å².